The van der Waals surface area contributed by atoms with Crippen LogP contribution in [0.1, 0.15) is 37.0 Å². The van der Waals surface area contributed by atoms with E-state index in [9.17, 15) is 28.3 Å². The number of benzene rings is 1. The van der Waals surface area contributed by atoms with Crippen LogP contribution in [0.3, 0.4) is 0 Å². The number of nitrogens with one attached hydrogen (secondary N) is 2. The summed E-state index contributed by atoms with van der Waals surface area (Å²) in [4.78, 5) is 15.0. The number of fused-ring (bicyclic) bond motifs is 1. The number of nitrogens with zero attached hydrogens (tertiary/aromatic N) is 3. The van der Waals surface area contributed by atoms with E-state index in [0.29, 0.717) is 16.6 Å². The second-order valence-electron chi connectivity index (χ2n) is 7.29. The Kier molecular flexibility index (Phi) is 4.99. The Labute approximate surface area is 168 Å². The van der Waals surface area contributed by atoms with Crippen molar-refractivity contribution in [3.05, 3.63) is 52.4 Å². The maximum Gasteiger partial charge on any atom is 0.418 e. The van der Waals surface area contributed by atoms with Crippen molar-refractivity contribution >= 4 is 22.4 Å². The van der Waals surface area contributed by atoms with Crippen LogP contribution >= 0.6 is 0 Å². The van der Waals surface area contributed by atoms with E-state index in [1.54, 1.807) is 10.7 Å². The highest BCUT2D eigenvalue weighted by molar-refractivity contribution is 5.91. The van der Waals surface area contributed by atoms with Crippen molar-refractivity contribution < 1.29 is 18.3 Å². The lowest BCUT2D eigenvalue weighted by molar-refractivity contribution is -0.206. The SMILES string of the molecule is N#CC1CCCC1n1nc(Nc2ccc(C(O)C(F)(F)F)cc2)c2c(=O)[nH]ccc21. The number of anilines is 2. The summed E-state index contributed by atoms with van der Waals surface area (Å²) in [5.41, 5.74) is 0.338. The molecule has 1 saturated carbocycles. The molecule has 0 saturated heterocycles. The van der Waals surface area contributed by atoms with Gasteiger partial charge in [0.05, 0.1) is 23.5 Å². The Morgan fingerprint density at radius 1 is 1.27 bits per heavy atom. The standard InChI is InChI=1S/C20H18F3N5O2/c21-20(22,23)17(29)11-4-6-13(7-5-11)26-18-16-15(8-9-25-19(16)30)28(27-18)14-3-1-2-12(14)10-24/h4-9,12,14,17,29H,1-3H2,(H,25,30)(H,26,27). The van der Waals surface area contributed by atoms with Crippen molar-refractivity contribution in [3.8, 4) is 6.07 Å². The molecule has 1 aliphatic carbocycles. The summed E-state index contributed by atoms with van der Waals surface area (Å²) >= 11 is 0. The van der Waals surface area contributed by atoms with E-state index in [1.165, 1.54) is 18.3 Å². The number of nitriles is 1. The average molecular weight is 417 g/mol. The largest absolute Gasteiger partial charge is 0.418 e. The molecule has 156 valence electrons. The van der Waals surface area contributed by atoms with Gasteiger partial charge >= 0.3 is 6.18 Å². The van der Waals surface area contributed by atoms with Gasteiger partial charge in [-0.3, -0.25) is 9.48 Å². The van der Waals surface area contributed by atoms with Gasteiger partial charge in [-0.25, -0.2) is 0 Å². The second kappa shape index (κ2) is 7.50. The van der Waals surface area contributed by atoms with E-state index in [4.69, 9.17) is 0 Å². The van der Waals surface area contributed by atoms with Gasteiger partial charge in [0.15, 0.2) is 11.9 Å². The summed E-state index contributed by atoms with van der Waals surface area (Å²) in [6.07, 6.45) is -3.40. The molecule has 3 atom stereocenters. The zero-order chi connectivity index (χ0) is 21.5. The quantitative estimate of drug-likeness (QED) is 0.596. The Morgan fingerprint density at radius 2 is 2.00 bits per heavy atom. The van der Waals surface area contributed by atoms with Gasteiger partial charge in [0, 0.05) is 11.9 Å². The molecule has 0 aliphatic heterocycles. The molecular formula is C20H18F3N5O2. The summed E-state index contributed by atoms with van der Waals surface area (Å²) in [7, 11) is 0. The van der Waals surface area contributed by atoms with Gasteiger partial charge in [0.2, 0.25) is 0 Å². The lowest BCUT2D eigenvalue weighted by Gasteiger charge is -2.15. The summed E-state index contributed by atoms with van der Waals surface area (Å²) in [6.45, 7) is 0. The smallest absolute Gasteiger partial charge is 0.379 e. The number of hydrogen-bond donors (Lipinski definition) is 3. The van der Waals surface area contributed by atoms with Crippen LogP contribution in [0, 0.1) is 17.2 Å². The van der Waals surface area contributed by atoms with Crippen LogP contribution in [0.4, 0.5) is 24.7 Å². The summed E-state index contributed by atoms with van der Waals surface area (Å²) in [5.74, 6) is 0.0444. The molecule has 3 aromatic rings. The van der Waals surface area contributed by atoms with Crippen LogP contribution in [-0.4, -0.2) is 26.0 Å². The van der Waals surface area contributed by atoms with Crippen LogP contribution in [0.25, 0.3) is 10.9 Å². The number of aromatic nitrogens is 3. The molecule has 10 heteroatoms. The molecule has 0 amide bonds. The number of hydrogen-bond acceptors (Lipinski definition) is 5. The molecule has 3 unspecified atom stereocenters. The van der Waals surface area contributed by atoms with Crippen molar-refractivity contribution in [2.45, 2.75) is 37.6 Å². The number of rotatable bonds is 4. The minimum absolute atomic E-state index is 0.154. The molecule has 3 N–H and O–H groups in total. The van der Waals surface area contributed by atoms with Gasteiger partial charge in [0.1, 0.15) is 5.39 Å². The predicted octanol–water partition coefficient (Wildman–Crippen LogP) is 3.93. The highest BCUT2D eigenvalue weighted by Gasteiger charge is 2.39. The van der Waals surface area contributed by atoms with Crippen molar-refractivity contribution in [2.75, 3.05) is 5.32 Å². The zero-order valence-electron chi connectivity index (χ0n) is 15.6. The number of alkyl halides is 3. The topological polar surface area (TPSA) is 107 Å². The first-order valence-corrected chi connectivity index (χ1v) is 9.41. The van der Waals surface area contributed by atoms with Gasteiger partial charge in [-0.1, -0.05) is 12.1 Å². The van der Waals surface area contributed by atoms with Crippen LogP contribution < -0.4 is 10.9 Å². The van der Waals surface area contributed by atoms with Gasteiger partial charge in [0.25, 0.3) is 5.56 Å². The molecule has 7 nitrogen and oxygen atoms in total. The number of aliphatic hydroxyl groups is 1. The van der Waals surface area contributed by atoms with Crippen molar-refractivity contribution in [3.63, 3.8) is 0 Å². The summed E-state index contributed by atoms with van der Waals surface area (Å²) in [5, 5.41) is 26.6. The Morgan fingerprint density at radius 3 is 2.67 bits per heavy atom. The fourth-order valence-corrected chi connectivity index (χ4v) is 3.90. The van der Waals surface area contributed by atoms with Crippen molar-refractivity contribution in [1.82, 2.24) is 14.8 Å². The number of aromatic amines is 1. The van der Waals surface area contributed by atoms with Gasteiger partial charge in [-0.05, 0) is 43.0 Å². The van der Waals surface area contributed by atoms with E-state index in [1.807, 2.05) is 0 Å². The third-order valence-electron chi connectivity index (χ3n) is 5.39. The normalized spacial score (nSPS) is 20.2. The van der Waals surface area contributed by atoms with E-state index >= 15 is 0 Å². The van der Waals surface area contributed by atoms with E-state index in [-0.39, 0.29) is 28.9 Å². The summed E-state index contributed by atoms with van der Waals surface area (Å²) in [6, 6.07) is 8.92. The van der Waals surface area contributed by atoms with Crippen LogP contribution in [-0.2, 0) is 0 Å². The van der Waals surface area contributed by atoms with Gasteiger partial charge < -0.3 is 15.4 Å². The van der Waals surface area contributed by atoms with Crippen LogP contribution in [0.5, 0.6) is 0 Å². The minimum atomic E-state index is -4.75. The average Bonchev–Trinajstić information content (AvgIpc) is 3.32. The third-order valence-corrected chi connectivity index (χ3v) is 5.39. The fraction of sp³-hybridized carbons (Fsp3) is 0.350. The number of halogens is 3. The third kappa shape index (κ3) is 3.52. The molecule has 0 spiro atoms. The van der Waals surface area contributed by atoms with Crippen molar-refractivity contribution in [1.29, 1.82) is 5.26 Å². The first-order valence-electron chi connectivity index (χ1n) is 9.41. The van der Waals surface area contributed by atoms with E-state index in [0.717, 1.165) is 31.4 Å². The molecule has 1 aliphatic rings. The Balaban J connectivity index is 1.70. The minimum Gasteiger partial charge on any atom is -0.379 e. The molecular weight excluding hydrogens is 399 g/mol. The Bertz CT molecular complexity index is 1160. The van der Waals surface area contributed by atoms with Crippen molar-refractivity contribution in [2.24, 2.45) is 5.92 Å². The molecule has 2 heterocycles. The number of pyridine rings is 1. The fourth-order valence-electron chi connectivity index (χ4n) is 3.90. The molecule has 1 fully saturated rings. The molecule has 4 rings (SSSR count). The van der Waals surface area contributed by atoms with E-state index < -0.39 is 12.3 Å². The predicted molar refractivity (Wildman–Crippen MR) is 103 cm³/mol. The first kappa shape index (κ1) is 20.0. The molecule has 1 aromatic carbocycles. The lowest BCUT2D eigenvalue weighted by Crippen LogP contribution is -2.20. The summed E-state index contributed by atoms with van der Waals surface area (Å²) < 4.78 is 39.7. The van der Waals surface area contributed by atoms with Gasteiger partial charge in [-0.2, -0.15) is 23.5 Å². The first-order chi connectivity index (χ1) is 14.3. The number of aliphatic hydroxyl groups excluding tert-OH is 1. The highest BCUT2D eigenvalue weighted by atomic mass is 19.4. The lowest BCUT2D eigenvalue weighted by atomic mass is 10.1. The number of H-pyrrole nitrogens is 1. The van der Waals surface area contributed by atoms with Gasteiger partial charge in [-0.15, -0.1) is 0 Å². The highest BCUT2D eigenvalue weighted by Crippen LogP contribution is 2.38. The monoisotopic (exact) mass is 417 g/mol. The molecule has 0 radical (unpaired) electrons. The Hall–Kier alpha value is -3.32. The van der Waals surface area contributed by atoms with Crippen LogP contribution in [0.15, 0.2) is 41.3 Å². The molecule has 2 aromatic heterocycles. The second-order valence-corrected chi connectivity index (χ2v) is 7.29. The van der Waals surface area contributed by atoms with Crippen LogP contribution in [0.2, 0.25) is 0 Å². The molecule has 0 bridgehead atoms. The zero-order valence-corrected chi connectivity index (χ0v) is 15.6. The maximum atomic E-state index is 12.7. The van der Waals surface area contributed by atoms with E-state index in [2.05, 4.69) is 21.5 Å². The molecule has 30 heavy (non-hydrogen) atoms. The maximum absolute atomic E-state index is 12.7.